The molecule has 0 radical (unpaired) electrons. The second-order valence-corrected chi connectivity index (χ2v) is 6.58. The summed E-state index contributed by atoms with van der Waals surface area (Å²) in [5, 5.41) is 2.57. The first-order valence-electron chi connectivity index (χ1n) is 8.00. The highest BCUT2D eigenvalue weighted by Crippen LogP contribution is 2.38. The Kier molecular flexibility index (Phi) is 5.55. The Morgan fingerprint density at radius 2 is 1.79 bits per heavy atom. The number of hydrogen-bond acceptors (Lipinski definition) is 5. The normalized spacial score (nSPS) is 11.2. The fraction of sp³-hybridized carbons (Fsp3) is 0.158. The third-order valence-corrected chi connectivity index (χ3v) is 4.88. The molecule has 0 fully saturated rings. The molecule has 0 atom stereocenters. The lowest BCUT2D eigenvalue weighted by Crippen LogP contribution is -2.17. The minimum Gasteiger partial charge on any atom is -0.497 e. The number of benzene rings is 2. The van der Waals surface area contributed by atoms with E-state index in [9.17, 15) is 18.0 Å². The van der Waals surface area contributed by atoms with Gasteiger partial charge in [-0.3, -0.25) is 4.79 Å². The largest absolute Gasteiger partial charge is 0.497 e. The summed E-state index contributed by atoms with van der Waals surface area (Å²) >= 11 is 0.679. The number of hydrogen-bond donors (Lipinski definition) is 1. The minimum atomic E-state index is -4.76. The van der Waals surface area contributed by atoms with Crippen molar-refractivity contribution in [2.45, 2.75) is 6.18 Å². The number of anilines is 1. The van der Waals surface area contributed by atoms with Gasteiger partial charge in [-0.2, -0.15) is 13.2 Å². The van der Waals surface area contributed by atoms with Crippen molar-refractivity contribution in [3.63, 3.8) is 0 Å². The van der Waals surface area contributed by atoms with Gasteiger partial charge in [-0.1, -0.05) is 30.3 Å². The Balaban J connectivity index is 1.98. The average Bonchev–Trinajstić information content (AvgIpc) is 3.15. The molecule has 0 aliphatic heterocycles. The Hall–Kier alpha value is -3.07. The van der Waals surface area contributed by atoms with Crippen LogP contribution in [0, 0.1) is 0 Å². The van der Waals surface area contributed by atoms with Crippen LogP contribution in [0.15, 0.2) is 48.5 Å². The van der Waals surface area contributed by atoms with E-state index in [1.54, 1.807) is 36.4 Å². The number of halogens is 3. The van der Waals surface area contributed by atoms with Gasteiger partial charge in [0.25, 0.3) is 5.91 Å². The number of amides is 1. The van der Waals surface area contributed by atoms with Crippen molar-refractivity contribution in [1.82, 2.24) is 4.98 Å². The van der Waals surface area contributed by atoms with E-state index in [-0.39, 0.29) is 16.4 Å². The first kappa shape index (κ1) is 19.7. The molecule has 1 aromatic heterocycles. The molecule has 0 saturated heterocycles. The third kappa shape index (κ3) is 4.09. The van der Waals surface area contributed by atoms with E-state index in [0.717, 1.165) is 0 Å². The number of methoxy groups -OCH3 is 2. The van der Waals surface area contributed by atoms with Crippen molar-refractivity contribution < 1.29 is 27.4 Å². The van der Waals surface area contributed by atoms with E-state index in [4.69, 9.17) is 9.47 Å². The topological polar surface area (TPSA) is 60.5 Å². The molecule has 0 saturated carbocycles. The summed E-state index contributed by atoms with van der Waals surface area (Å²) in [5.74, 6) is -0.181. The lowest BCUT2D eigenvalue weighted by atomic mass is 10.2. The van der Waals surface area contributed by atoms with Crippen molar-refractivity contribution in [1.29, 1.82) is 0 Å². The number of aromatic nitrogens is 1. The van der Waals surface area contributed by atoms with Gasteiger partial charge in [-0.15, -0.1) is 11.3 Å². The van der Waals surface area contributed by atoms with E-state index in [1.165, 1.54) is 26.4 Å². The Morgan fingerprint density at radius 3 is 2.39 bits per heavy atom. The molecule has 28 heavy (non-hydrogen) atoms. The number of thiazole rings is 1. The summed E-state index contributed by atoms with van der Waals surface area (Å²) in [5.41, 5.74) is -0.503. The van der Waals surface area contributed by atoms with Gasteiger partial charge in [0, 0.05) is 11.6 Å². The summed E-state index contributed by atoms with van der Waals surface area (Å²) in [4.78, 5) is 15.8. The molecule has 146 valence electrons. The minimum absolute atomic E-state index is 0.111. The first-order chi connectivity index (χ1) is 13.3. The van der Waals surface area contributed by atoms with Crippen LogP contribution in [0.3, 0.4) is 0 Å². The summed E-state index contributed by atoms with van der Waals surface area (Å²) in [7, 11) is 2.84. The molecule has 0 spiro atoms. The van der Waals surface area contributed by atoms with Crippen molar-refractivity contribution in [2.75, 3.05) is 19.5 Å². The fourth-order valence-corrected chi connectivity index (χ4v) is 3.44. The molecule has 9 heteroatoms. The lowest BCUT2D eigenvalue weighted by Gasteiger charge is -2.12. The highest BCUT2D eigenvalue weighted by Gasteiger charge is 2.40. The van der Waals surface area contributed by atoms with Crippen LogP contribution in [-0.2, 0) is 6.18 Å². The maximum absolute atomic E-state index is 13.4. The maximum Gasteiger partial charge on any atom is 0.435 e. The van der Waals surface area contributed by atoms with Crippen LogP contribution in [0.1, 0.15) is 15.4 Å². The number of nitrogens with zero attached hydrogens (tertiary/aromatic N) is 1. The molecule has 0 aliphatic rings. The molecule has 0 unspecified atom stereocenters. The second-order valence-electron chi connectivity index (χ2n) is 5.58. The molecule has 1 amide bonds. The van der Waals surface area contributed by atoms with Gasteiger partial charge in [0.15, 0.2) is 5.69 Å². The first-order valence-corrected chi connectivity index (χ1v) is 8.82. The zero-order valence-corrected chi connectivity index (χ0v) is 15.6. The molecule has 3 rings (SSSR count). The summed E-state index contributed by atoms with van der Waals surface area (Å²) in [6, 6.07) is 12.9. The average molecular weight is 408 g/mol. The Bertz CT molecular complexity index is 988. The van der Waals surface area contributed by atoms with Crippen LogP contribution >= 0.6 is 11.3 Å². The Morgan fingerprint density at radius 1 is 1.07 bits per heavy atom. The molecule has 1 N–H and O–H groups in total. The predicted octanol–water partition coefficient (Wildman–Crippen LogP) is 5.10. The summed E-state index contributed by atoms with van der Waals surface area (Å²) in [6.07, 6.45) is -4.76. The van der Waals surface area contributed by atoms with Crippen LogP contribution < -0.4 is 14.8 Å². The maximum atomic E-state index is 13.4. The van der Waals surface area contributed by atoms with Gasteiger partial charge in [0.1, 0.15) is 21.4 Å². The molecular formula is C19H15F3N2O3S. The van der Waals surface area contributed by atoms with Crippen molar-refractivity contribution in [3.05, 3.63) is 59.1 Å². The van der Waals surface area contributed by atoms with E-state index in [1.807, 2.05) is 0 Å². The molecular weight excluding hydrogens is 393 g/mol. The molecule has 2 aromatic carbocycles. The number of nitrogens with one attached hydrogen (secondary N) is 1. The van der Waals surface area contributed by atoms with Gasteiger partial charge in [0.2, 0.25) is 0 Å². The second kappa shape index (κ2) is 7.89. The monoisotopic (exact) mass is 408 g/mol. The van der Waals surface area contributed by atoms with Gasteiger partial charge >= 0.3 is 6.18 Å². The van der Waals surface area contributed by atoms with E-state index >= 15 is 0 Å². The van der Waals surface area contributed by atoms with Crippen LogP contribution in [0.5, 0.6) is 11.5 Å². The van der Waals surface area contributed by atoms with Gasteiger partial charge in [-0.05, 0) is 12.1 Å². The predicted molar refractivity (Wildman–Crippen MR) is 100 cm³/mol. The third-order valence-electron chi connectivity index (χ3n) is 3.78. The number of ether oxygens (including phenoxy) is 2. The molecule has 1 heterocycles. The van der Waals surface area contributed by atoms with Crippen LogP contribution in [0.4, 0.5) is 18.9 Å². The van der Waals surface area contributed by atoms with Crippen molar-refractivity contribution >= 4 is 22.9 Å². The van der Waals surface area contributed by atoms with E-state index < -0.39 is 22.7 Å². The molecule has 5 nitrogen and oxygen atoms in total. The zero-order chi connectivity index (χ0) is 20.3. The smallest absolute Gasteiger partial charge is 0.435 e. The Labute approximate surface area is 162 Å². The van der Waals surface area contributed by atoms with E-state index in [2.05, 4.69) is 10.3 Å². The fourth-order valence-electron chi connectivity index (χ4n) is 2.45. The number of carbonyl (C=O) groups excluding carboxylic acids is 1. The standard InChI is InChI=1S/C19H15F3N2O3S/c1-26-12-8-9-13(14(10-12)27-2)23-17(25)15-16(19(20,21)22)24-18(28-15)11-6-4-3-5-7-11/h3-10H,1-2H3,(H,23,25). The number of carbonyl (C=O) groups is 1. The van der Waals surface area contributed by atoms with Crippen molar-refractivity contribution in [3.8, 4) is 22.1 Å². The van der Waals surface area contributed by atoms with Gasteiger partial charge in [-0.25, -0.2) is 4.98 Å². The highest BCUT2D eigenvalue weighted by molar-refractivity contribution is 7.17. The molecule has 3 aromatic rings. The van der Waals surface area contributed by atoms with Crippen molar-refractivity contribution in [2.24, 2.45) is 0 Å². The van der Waals surface area contributed by atoms with Crippen LogP contribution in [-0.4, -0.2) is 25.1 Å². The van der Waals surface area contributed by atoms with Gasteiger partial charge < -0.3 is 14.8 Å². The number of rotatable bonds is 5. The van der Waals surface area contributed by atoms with Gasteiger partial charge in [0.05, 0.1) is 19.9 Å². The summed E-state index contributed by atoms with van der Waals surface area (Å²) < 4.78 is 50.6. The quantitative estimate of drug-likeness (QED) is 0.638. The van der Waals surface area contributed by atoms with Crippen LogP contribution in [0.2, 0.25) is 0 Å². The number of alkyl halides is 3. The highest BCUT2D eigenvalue weighted by atomic mass is 32.1. The van der Waals surface area contributed by atoms with Crippen LogP contribution in [0.25, 0.3) is 10.6 Å². The summed E-state index contributed by atoms with van der Waals surface area (Å²) in [6.45, 7) is 0. The molecule has 0 aliphatic carbocycles. The zero-order valence-electron chi connectivity index (χ0n) is 14.8. The molecule has 0 bridgehead atoms. The van der Waals surface area contributed by atoms with E-state index in [0.29, 0.717) is 22.6 Å². The SMILES string of the molecule is COc1ccc(NC(=O)c2sc(-c3ccccc3)nc2C(F)(F)F)c(OC)c1. The lowest BCUT2D eigenvalue weighted by molar-refractivity contribution is -0.140.